The van der Waals surface area contributed by atoms with Crippen molar-refractivity contribution >= 4 is 34.6 Å². The SMILES string of the molecule is O=C(CCC(=O)N1CCc2ccccc2C1)c1ccc(Cl)s1. The van der Waals surface area contributed by atoms with Gasteiger partial charge in [-0.25, -0.2) is 0 Å². The van der Waals surface area contributed by atoms with E-state index in [1.165, 1.54) is 22.5 Å². The largest absolute Gasteiger partial charge is 0.338 e. The van der Waals surface area contributed by atoms with Crippen LogP contribution in [0.15, 0.2) is 36.4 Å². The second-order valence-corrected chi connectivity index (χ2v) is 7.08. The molecule has 1 amide bonds. The van der Waals surface area contributed by atoms with Crippen molar-refractivity contribution in [1.29, 1.82) is 0 Å². The summed E-state index contributed by atoms with van der Waals surface area (Å²) in [6, 6.07) is 11.6. The first-order valence-corrected chi connectivity index (χ1v) is 8.46. The topological polar surface area (TPSA) is 37.4 Å². The maximum atomic E-state index is 12.3. The number of halogens is 1. The highest BCUT2D eigenvalue weighted by molar-refractivity contribution is 7.18. The van der Waals surface area contributed by atoms with Crippen molar-refractivity contribution in [1.82, 2.24) is 4.90 Å². The average Bonchev–Trinajstić information content (AvgIpc) is 2.98. The average molecular weight is 334 g/mol. The molecule has 2 aromatic rings. The van der Waals surface area contributed by atoms with E-state index in [1.54, 1.807) is 12.1 Å². The van der Waals surface area contributed by atoms with Gasteiger partial charge in [0.15, 0.2) is 5.78 Å². The van der Waals surface area contributed by atoms with Gasteiger partial charge >= 0.3 is 0 Å². The van der Waals surface area contributed by atoms with Crippen LogP contribution < -0.4 is 0 Å². The molecule has 114 valence electrons. The Morgan fingerprint density at radius 3 is 2.59 bits per heavy atom. The van der Waals surface area contributed by atoms with E-state index in [9.17, 15) is 9.59 Å². The summed E-state index contributed by atoms with van der Waals surface area (Å²) < 4.78 is 0.599. The Morgan fingerprint density at radius 2 is 1.86 bits per heavy atom. The highest BCUT2D eigenvalue weighted by Crippen LogP contribution is 2.24. The highest BCUT2D eigenvalue weighted by Gasteiger charge is 2.21. The molecule has 1 aromatic heterocycles. The fourth-order valence-corrected chi connectivity index (χ4v) is 3.69. The normalized spacial score (nSPS) is 13.8. The van der Waals surface area contributed by atoms with Gasteiger partial charge < -0.3 is 4.90 Å². The summed E-state index contributed by atoms with van der Waals surface area (Å²) in [5.41, 5.74) is 2.52. The number of Topliss-reactive ketones (excluding diaryl/α,β-unsaturated/α-hetero) is 1. The van der Waals surface area contributed by atoms with E-state index in [0.717, 1.165) is 13.0 Å². The lowest BCUT2D eigenvalue weighted by Crippen LogP contribution is -2.36. The zero-order valence-electron chi connectivity index (χ0n) is 12.0. The second kappa shape index (κ2) is 6.63. The maximum Gasteiger partial charge on any atom is 0.223 e. The van der Waals surface area contributed by atoms with Gasteiger partial charge in [-0.3, -0.25) is 9.59 Å². The number of thiophene rings is 1. The minimum Gasteiger partial charge on any atom is -0.338 e. The lowest BCUT2D eigenvalue weighted by Gasteiger charge is -2.28. The number of carbonyl (C=O) groups is 2. The summed E-state index contributed by atoms with van der Waals surface area (Å²) in [5.74, 6) is 0.0353. The highest BCUT2D eigenvalue weighted by atomic mass is 35.5. The molecule has 0 saturated carbocycles. The molecule has 0 fully saturated rings. The van der Waals surface area contributed by atoms with Crippen molar-refractivity contribution in [2.75, 3.05) is 6.54 Å². The van der Waals surface area contributed by atoms with Gasteiger partial charge in [-0.1, -0.05) is 35.9 Å². The molecule has 1 aromatic carbocycles. The van der Waals surface area contributed by atoms with E-state index in [2.05, 4.69) is 12.1 Å². The molecule has 0 spiro atoms. The van der Waals surface area contributed by atoms with Gasteiger partial charge in [0.05, 0.1) is 9.21 Å². The van der Waals surface area contributed by atoms with Crippen LogP contribution in [0.2, 0.25) is 4.34 Å². The number of ketones is 1. The molecule has 0 N–H and O–H groups in total. The predicted molar refractivity (Wildman–Crippen MR) is 88.5 cm³/mol. The summed E-state index contributed by atoms with van der Waals surface area (Å²) in [4.78, 5) is 26.8. The summed E-state index contributed by atoms with van der Waals surface area (Å²) in [6.45, 7) is 1.38. The third-order valence-electron chi connectivity index (χ3n) is 3.90. The molecule has 0 atom stereocenters. The quantitative estimate of drug-likeness (QED) is 0.794. The summed E-state index contributed by atoms with van der Waals surface area (Å²) in [7, 11) is 0. The van der Waals surface area contributed by atoms with Gasteiger partial charge in [0, 0.05) is 25.9 Å². The van der Waals surface area contributed by atoms with Crippen LogP contribution in [0.4, 0.5) is 0 Å². The Kier molecular flexibility index (Phi) is 4.60. The molecule has 0 aliphatic carbocycles. The number of hydrogen-bond donors (Lipinski definition) is 0. The third-order valence-corrected chi connectivity index (χ3v) is 5.17. The van der Waals surface area contributed by atoms with Crippen LogP contribution in [0, 0.1) is 0 Å². The predicted octanol–water partition coefficient (Wildman–Crippen LogP) is 3.95. The number of benzene rings is 1. The number of nitrogens with zero attached hydrogens (tertiary/aromatic N) is 1. The Balaban J connectivity index is 1.56. The van der Waals surface area contributed by atoms with Crippen LogP contribution in [0.5, 0.6) is 0 Å². The molecular formula is C17H16ClNO2S. The standard InChI is InChI=1S/C17H16ClNO2S/c18-16-7-6-15(22-16)14(20)5-8-17(21)19-10-9-12-3-1-2-4-13(12)11-19/h1-4,6-7H,5,8-11H2. The first kappa shape index (κ1) is 15.3. The first-order chi connectivity index (χ1) is 10.6. The molecule has 5 heteroatoms. The minimum absolute atomic E-state index is 0.0114. The molecule has 3 nitrogen and oxygen atoms in total. The van der Waals surface area contributed by atoms with E-state index >= 15 is 0 Å². The molecule has 0 saturated heterocycles. The van der Waals surface area contributed by atoms with Crippen molar-refractivity contribution in [2.24, 2.45) is 0 Å². The summed E-state index contributed by atoms with van der Waals surface area (Å²) in [5, 5.41) is 0. The van der Waals surface area contributed by atoms with Gasteiger partial charge in [0.1, 0.15) is 0 Å². The van der Waals surface area contributed by atoms with Crippen LogP contribution in [0.3, 0.4) is 0 Å². The number of rotatable bonds is 4. The molecule has 0 unspecified atom stereocenters. The van der Waals surface area contributed by atoms with Gasteiger partial charge in [-0.2, -0.15) is 0 Å². The fraction of sp³-hybridized carbons (Fsp3) is 0.294. The summed E-state index contributed by atoms with van der Waals surface area (Å²) in [6.07, 6.45) is 1.39. The molecule has 1 aliphatic rings. The third kappa shape index (κ3) is 3.39. The number of fused-ring (bicyclic) bond motifs is 1. The zero-order chi connectivity index (χ0) is 15.5. The molecular weight excluding hydrogens is 318 g/mol. The minimum atomic E-state index is -0.0114. The van der Waals surface area contributed by atoms with Crippen LogP contribution in [-0.2, 0) is 17.8 Å². The smallest absolute Gasteiger partial charge is 0.223 e. The number of carbonyl (C=O) groups excluding carboxylic acids is 2. The molecule has 1 aliphatic heterocycles. The van der Waals surface area contributed by atoms with Crippen LogP contribution >= 0.6 is 22.9 Å². The van der Waals surface area contributed by atoms with E-state index in [1.807, 2.05) is 17.0 Å². The lowest BCUT2D eigenvalue weighted by molar-refractivity contribution is -0.132. The summed E-state index contributed by atoms with van der Waals surface area (Å²) >= 11 is 7.09. The first-order valence-electron chi connectivity index (χ1n) is 7.26. The lowest BCUT2D eigenvalue weighted by atomic mass is 9.99. The zero-order valence-corrected chi connectivity index (χ0v) is 13.6. The van der Waals surface area contributed by atoms with E-state index in [-0.39, 0.29) is 24.5 Å². The van der Waals surface area contributed by atoms with Crippen molar-refractivity contribution in [3.8, 4) is 0 Å². The van der Waals surface area contributed by atoms with Gasteiger partial charge in [0.2, 0.25) is 5.91 Å². The second-order valence-electron chi connectivity index (χ2n) is 5.36. The Bertz CT molecular complexity index is 710. The van der Waals surface area contributed by atoms with Gasteiger partial charge in [-0.15, -0.1) is 11.3 Å². The van der Waals surface area contributed by atoms with E-state index in [4.69, 9.17) is 11.6 Å². The Labute approximate surface area is 138 Å². The van der Waals surface area contributed by atoms with E-state index in [0.29, 0.717) is 15.8 Å². The van der Waals surface area contributed by atoms with Gasteiger partial charge in [-0.05, 0) is 29.7 Å². The van der Waals surface area contributed by atoms with Crippen LogP contribution in [0.1, 0.15) is 33.6 Å². The van der Waals surface area contributed by atoms with Crippen molar-refractivity contribution < 1.29 is 9.59 Å². The molecule has 0 radical (unpaired) electrons. The van der Waals surface area contributed by atoms with Crippen molar-refractivity contribution in [3.63, 3.8) is 0 Å². The van der Waals surface area contributed by atoms with Crippen LogP contribution in [0.25, 0.3) is 0 Å². The fourth-order valence-electron chi connectivity index (χ4n) is 2.67. The molecule has 2 heterocycles. The molecule has 3 rings (SSSR count). The number of hydrogen-bond acceptors (Lipinski definition) is 3. The Hall–Kier alpha value is -1.65. The molecule has 0 bridgehead atoms. The monoisotopic (exact) mass is 333 g/mol. The molecule has 22 heavy (non-hydrogen) atoms. The number of amides is 1. The van der Waals surface area contributed by atoms with E-state index < -0.39 is 0 Å². The van der Waals surface area contributed by atoms with Crippen molar-refractivity contribution in [3.05, 3.63) is 56.7 Å². The Morgan fingerprint density at radius 1 is 1.09 bits per heavy atom. The van der Waals surface area contributed by atoms with Crippen LogP contribution in [-0.4, -0.2) is 23.1 Å². The van der Waals surface area contributed by atoms with Crippen molar-refractivity contribution in [2.45, 2.75) is 25.8 Å². The van der Waals surface area contributed by atoms with Gasteiger partial charge in [0.25, 0.3) is 0 Å². The maximum absolute atomic E-state index is 12.3.